The van der Waals surface area contributed by atoms with Gasteiger partial charge in [0.15, 0.2) is 0 Å². The summed E-state index contributed by atoms with van der Waals surface area (Å²) in [4.78, 5) is 6.58. The lowest BCUT2D eigenvalue weighted by Gasteiger charge is -2.08. The van der Waals surface area contributed by atoms with E-state index in [0.29, 0.717) is 0 Å². The first-order valence-electron chi connectivity index (χ1n) is 6.12. The minimum atomic E-state index is 0.802. The van der Waals surface area contributed by atoms with Crippen molar-refractivity contribution in [1.82, 2.24) is 4.98 Å². The maximum absolute atomic E-state index is 6.24. The van der Waals surface area contributed by atoms with Crippen LogP contribution < -0.4 is 5.73 Å². The third kappa shape index (κ3) is 2.42. The highest BCUT2D eigenvalue weighted by atomic mass is 32.2. The van der Waals surface area contributed by atoms with E-state index in [1.54, 1.807) is 18.0 Å². The van der Waals surface area contributed by atoms with Gasteiger partial charge in [-0.1, -0.05) is 29.5 Å². The molecule has 3 rings (SSSR count). The molecule has 1 aromatic heterocycles. The van der Waals surface area contributed by atoms with Crippen LogP contribution in [0.15, 0.2) is 64.5 Å². The Morgan fingerprint density at radius 1 is 1.00 bits per heavy atom. The van der Waals surface area contributed by atoms with Crippen LogP contribution in [0.25, 0.3) is 10.9 Å². The van der Waals surface area contributed by atoms with Gasteiger partial charge >= 0.3 is 0 Å². The van der Waals surface area contributed by atoms with Gasteiger partial charge in [-0.05, 0) is 43.3 Å². The lowest BCUT2D eigenvalue weighted by Crippen LogP contribution is -1.91. The molecule has 2 nitrogen and oxygen atoms in total. The van der Waals surface area contributed by atoms with Crippen molar-refractivity contribution in [2.75, 3.05) is 5.73 Å². The lowest BCUT2D eigenvalue weighted by molar-refractivity contribution is 1.36. The molecule has 0 bridgehead atoms. The predicted molar refractivity (Wildman–Crippen MR) is 81.5 cm³/mol. The number of pyridine rings is 1. The fraction of sp³-hybridized carbons (Fsp3) is 0.0625. The summed E-state index contributed by atoms with van der Waals surface area (Å²) in [6, 6.07) is 16.4. The van der Waals surface area contributed by atoms with Gasteiger partial charge in [0, 0.05) is 21.4 Å². The van der Waals surface area contributed by atoms with Crippen LogP contribution in [-0.2, 0) is 0 Å². The number of nitrogens with zero attached hydrogens (tertiary/aromatic N) is 1. The van der Waals surface area contributed by atoms with Crippen molar-refractivity contribution in [3.63, 3.8) is 0 Å². The van der Waals surface area contributed by atoms with Gasteiger partial charge in [-0.15, -0.1) is 0 Å². The van der Waals surface area contributed by atoms with Crippen LogP contribution in [0.1, 0.15) is 5.56 Å². The summed E-state index contributed by atoms with van der Waals surface area (Å²) in [5, 5.41) is 1.01. The van der Waals surface area contributed by atoms with Crippen molar-refractivity contribution in [1.29, 1.82) is 0 Å². The first-order valence-corrected chi connectivity index (χ1v) is 6.93. The number of nitrogen functional groups attached to an aromatic ring is 1. The molecule has 0 aliphatic carbocycles. The Morgan fingerprint density at radius 3 is 2.58 bits per heavy atom. The molecule has 2 aromatic carbocycles. The normalized spacial score (nSPS) is 10.8. The van der Waals surface area contributed by atoms with E-state index in [0.717, 1.165) is 21.5 Å². The summed E-state index contributed by atoms with van der Waals surface area (Å²) in [6.45, 7) is 2.09. The standard InChI is InChI=1S/C16H14N2S/c1-11-4-6-12(7-5-11)19-15-9-8-14-13(16(15)17)3-2-10-18-14/h2-10H,17H2,1H3. The van der Waals surface area contributed by atoms with E-state index in [9.17, 15) is 0 Å². The minimum absolute atomic E-state index is 0.802. The zero-order valence-electron chi connectivity index (χ0n) is 10.6. The quantitative estimate of drug-likeness (QED) is 0.704. The molecule has 0 atom stereocenters. The van der Waals surface area contributed by atoms with Gasteiger partial charge in [-0.2, -0.15) is 0 Å². The van der Waals surface area contributed by atoms with Crippen LogP contribution in [0, 0.1) is 6.92 Å². The highest BCUT2D eigenvalue weighted by Crippen LogP contribution is 2.35. The van der Waals surface area contributed by atoms with E-state index >= 15 is 0 Å². The second-order valence-electron chi connectivity index (χ2n) is 4.46. The SMILES string of the molecule is Cc1ccc(Sc2ccc3ncccc3c2N)cc1. The molecule has 1 heterocycles. The molecule has 0 spiro atoms. The summed E-state index contributed by atoms with van der Waals surface area (Å²) >= 11 is 1.68. The Morgan fingerprint density at radius 2 is 1.79 bits per heavy atom. The molecule has 94 valence electrons. The molecule has 0 aliphatic heterocycles. The van der Waals surface area contributed by atoms with Crippen molar-refractivity contribution in [3.8, 4) is 0 Å². The number of hydrogen-bond donors (Lipinski definition) is 1. The number of aromatic nitrogens is 1. The van der Waals surface area contributed by atoms with Crippen LogP contribution >= 0.6 is 11.8 Å². The summed E-state index contributed by atoms with van der Waals surface area (Å²) in [5.74, 6) is 0. The van der Waals surface area contributed by atoms with Crippen LogP contribution in [0.4, 0.5) is 5.69 Å². The Labute approximate surface area is 116 Å². The third-order valence-electron chi connectivity index (χ3n) is 3.04. The summed E-state index contributed by atoms with van der Waals surface area (Å²) in [6.07, 6.45) is 1.79. The molecule has 3 heteroatoms. The highest BCUT2D eigenvalue weighted by Gasteiger charge is 2.06. The molecule has 3 aromatic rings. The average molecular weight is 266 g/mol. The molecule has 0 aliphatic rings. The number of fused-ring (bicyclic) bond motifs is 1. The molecule has 0 saturated heterocycles. The Kier molecular flexibility index (Phi) is 3.13. The minimum Gasteiger partial charge on any atom is -0.397 e. The van der Waals surface area contributed by atoms with Crippen LogP contribution in [0.3, 0.4) is 0 Å². The van der Waals surface area contributed by atoms with E-state index in [1.165, 1.54) is 10.5 Å². The molecule has 0 radical (unpaired) electrons. The van der Waals surface area contributed by atoms with E-state index in [2.05, 4.69) is 36.2 Å². The monoisotopic (exact) mass is 266 g/mol. The summed E-state index contributed by atoms with van der Waals surface area (Å²) in [5.41, 5.74) is 9.24. The van der Waals surface area contributed by atoms with Crippen LogP contribution in [-0.4, -0.2) is 4.98 Å². The van der Waals surface area contributed by atoms with E-state index in [1.807, 2.05) is 24.3 Å². The van der Waals surface area contributed by atoms with Crippen molar-refractivity contribution >= 4 is 28.4 Å². The van der Waals surface area contributed by atoms with E-state index in [-0.39, 0.29) is 0 Å². The van der Waals surface area contributed by atoms with Gasteiger partial charge in [-0.25, -0.2) is 0 Å². The molecular weight excluding hydrogens is 252 g/mol. The topological polar surface area (TPSA) is 38.9 Å². The molecule has 0 unspecified atom stereocenters. The van der Waals surface area contributed by atoms with Gasteiger partial charge in [-0.3, -0.25) is 4.98 Å². The molecular formula is C16H14N2S. The van der Waals surface area contributed by atoms with Gasteiger partial charge in [0.2, 0.25) is 0 Å². The van der Waals surface area contributed by atoms with Gasteiger partial charge in [0.05, 0.1) is 11.2 Å². The van der Waals surface area contributed by atoms with E-state index < -0.39 is 0 Å². The smallest absolute Gasteiger partial charge is 0.0723 e. The zero-order chi connectivity index (χ0) is 13.2. The Hall–Kier alpha value is -2.00. The molecule has 19 heavy (non-hydrogen) atoms. The highest BCUT2D eigenvalue weighted by molar-refractivity contribution is 7.99. The van der Waals surface area contributed by atoms with Crippen molar-refractivity contribution in [2.24, 2.45) is 0 Å². The van der Waals surface area contributed by atoms with Crippen molar-refractivity contribution in [2.45, 2.75) is 16.7 Å². The van der Waals surface area contributed by atoms with E-state index in [4.69, 9.17) is 5.73 Å². The van der Waals surface area contributed by atoms with Crippen LogP contribution in [0.5, 0.6) is 0 Å². The Bertz CT molecular complexity index is 720. The average Bonchev–Trinajstić information content (AvgIpc) is 2.45. The number of aryl methyl sites for hydroxylation is 1. The van der Waals surface area contributed by atoms with Crippen molar-refractivity contribution in [3.05, 3.63) is 60.3 Å². The first kappa shape index (κ1) is 12.1. The maximum atomic E-state index is 6.24. The maximum Gasteiger partial charge on any atom is 0.0723 e. The second-order valence-corrected chi connectivity index (χ2v) is 5.58. The van der Waals surface area contributed by atoms with Crippen molar-refractivity contribution < 1.29 is 0 Å². The predicted octanol–water partition coefficient (Wildman–Crippen LogP) is 4.28. The van der Waals surface area contributed by atoms with Gasteiger partial charge in [0.25, 0.3) is 0 Å². The third-order valence-corrected chi connectivity index (χ3v) is 4.12. The summed E-state index contributed by atoms with van der Waals surface area (Å²) < 4.78 is 0. The lowest BCUT2D eigenvalue weighted by atomic mass is 10.2. The number of anilines is 1. The van der Waals surface area contributed by atoms with Gasteiger partial charge in [0.1, 0.15) is 0 Å². The van der Waals surface area contributed by atoms with Gasteiger partial charge < -0.3 is 5.73 Å². The fourth-order valence-electron chi connectivity index (χ4n) is 1.98. The molecule has 2 N–H and O–H groups in total. The molecule has 0 fully saturated rings. The van der Waals surface area contributed by atoms with Crippen LogP contribution in [0.2, 0.25) is 0 Å². The zero-order valence-corrected chi connectivity index (χ0v) is 11.4. The summed E-state index contributed by atoms with van der Waals surface area (Å²) in [7, 11) is 0. The second kappa shape index (κ2) is 4.94. The largest absolute Gasteiger partial charge is 0.397 e. The number of benzene rings is 2. The number of hydrogen-bond acceptors (Lipinski definition) is 3. The number of rotatable bonds is 2. The first-order chi connectivity index (χ1) is 9.24. The molecule has 0 saturated carbocycles. The number of nitrogens with two attached hydrogens (primary N) is 1. The Balaban J connectivity index is 2.01. The molecule has 0 amide bonds. The fourth-order valence-corrected chi connectivity index (χ4v) is 2.86.